The maximum Gasteiger partial charge on any atom is 0.335 e. The van der Waals surface area contributed by atoms with Crippen LogP contribution in [0.4, 0.5) is 0 Å². The molecule has 1 aromatic rings. The number of ether oxygens (including phenoxy) is 1. The van der Waals surface area contributed by atoms with Crippen molar-refractivity contribution in [3.8, 4) is 6.01 Å². The van der Waals surface area contributed by atoms with Gasteiger partial charge in [-0.1, -0.05) is 0 Å². The molecule has 0 bridgehead atoms. The van der Waals surface area contributed by atoms with Crippen LogP contribution in [0.1, 0.15) is 6.92 Å². The second kappa shape index (κ2) is 3.34. The van der Waals surface area contributed by atoms with Crippen LogP contribution in [0.3, 0.4) is 0 Å². The number of aliphatic hydroxyl groups excluding tert-OH is 1. The zero-order valence-corrected chi connectivity index (χ0v) is 6.56. The summed E-state index contributed by atoms with van der Waals surface area (Å²) < 4.78 is 6.28. The van der Waals surface area contributed by atoms with Gasteiger partial charge < -0.3 is 9.84 Å². The second-order valence-electron chi connectivity index (χ2n) is 2.30. The molecular weight excluding hydrogens is 146 g/mol. The van der Waals surface area contributed by atoms with Crippen LogP contribution >= 0.6 is 0 Å². The Kier molecular flexibility index (Phi) is 2.43. The van der Waals surface area contributed by atoms with Crippen LogP contribution in [0.2, 0.25) is 0 Å². The van der Waals surface area contributed by atoms with Gasteiger partial charge in [0.2, 0.25) is 0 Å². The molecule has 11 heavy (non-hydrogen) atoms. The molecule has 0 radical (unpaired) electrons. The average molecular weight is 157 g/mol. The van der Waals surface area contributed by atoms with Crippen LogP contribution < -0.4 is 4.74 Å². The molecule has 0 aromatic carbocycles. The summed E-state index contributed by atoms with van der Waals surface area (Å²) in [5, 5.41) is 12.9. The summed E-state index contributed by atoms with van der Waals surface area (Å²) >= 11 is 0. The monoisotopic (exact) mass is 157 g/mol. The van der Waals surface area contributed by atoms with Gasteiger partial charge in [-0.15, -0.1) is 5.10 Å². The van der Waals surface area contributed by atoms with Gasteiger partial charge in [0, 0.05) is 0 Å². The van der Waals surface area contributed by atoms with E-state index in [4.69, 9.17) is 9.84 Å². The number of hydrogen-bond acceptors (Lipinski definition) is 4. The Balaban J connectivity index is 2.58. The van der Waals surface area contributed by atoms with E-state index in [1.807, 2.05) is 0 Å². The number of rotatable bonds is 3. The summed E-state index contributed by atoms with van der Waals surface area (Å²) in [4.78, 5) is 3.81. The summed E-state index contributed by atoms with van der Waals surface area (Å²) in [7, 11) is 1.50. The molecule has 5 nitrogen and oxygen atoms in total. The van der Waals surface area contributed by atoms with Crippen molar-refractivity contribution in [3.05, 3.63) is 6.33 Å². The first kappa shape index (κ1) is 8.00. The zero-order chi connectivity index (χ0) is 8.27. The Morgan fingerprint density at radius 3 is 3.00 bits per heavy atom. The Morgan fingerprint density at radius 1 is 1.82 bits per heavy atom. The molecule has 0 spiro atoms. The van der Waals surface area contributed by atoms with Gasteiger partial charge in [0.05, 0.1) is 19.8 Å². The van der Waals surface area contributed by atoms with Crippen molar-refractivity contribution >= 4 is 0 Å². The molecular formula is C6H11N3O2. The van der Waals surface area contributed by atoms with Gasteiger partial charge >= 0.3 is 6.01 Å². The van der Waals surface area contributed by atoms with Crippen molar-refractivity contribution in [2.24, 2.45) is 0 Å². The SMILES string of the molecule is COc1ncn(CC(C)O)n1. The molecule has 0 aliphatic rings. The highest BCUT2D eigenvalue weighted by atomic mass is 16.5. The third kappa shape index (κ3) is 2.19. The van der Waals surface area contributed by atoms with Crippen molar-refractivity contribution < 1.29 is 9.84 Å². The zero-order valence-electron chi connectivity index (χ0n) is 6.56. The molecule has 0 saturated heterocycles. The van der Waals surface area contributed by atoms with Crippen molar-refractivity contribution in [1.29, 1.82) is 0 Å². The van der Waals surface area contributed by atoms with Crippen LogP contribution in [-0.4, -0.2) is 33.1 Å². The van der Waals surface area contributed by atoms with Gasteiger partial charge in [-0.05, 0) is 6.92 Å². The number of hydrogen-bond donors (Lipinski definition) is 1. The first-order valence-electron chi connectivity index (χ1n) is 3.34. The summed E-state index contributed by atoms with van der Waals surface area (Å²) in [5.41, 5.74) is 0. The van der Waals surface area contributed by atoms with E-state index < -0.39 is 6.10 Å². The van der Waals surface area contributed by atoms with E-state index in [0.29, 0.717) is 12.6 Å². The second-order valence-corrected chi connectivity index (χ2v) is 2.30. The molecule has 1 heterocycles. The van der Waals surface area contributed by atoms with E-state index in [1.165, 1.54) is 18.1 Å². The lowest BCUT2D eigenvalue weighted by atomic mass is 10.4. The molecule has 0 aliphatic carbocycles. The minimum atomic E-state index is -0.415. The van der Waals surface area contributed by atoms with Crippen molar-refractivity contribution in [1.82, 2.24) is 14.8 Å². The minimum absolute atomic E-state index is 0.325. The van der Waals surface area contributed by atoms with Crippen LogP contribution in [0.25, 0.3) is 0 Å². The normalized spacial score (nSPS) is 13.0. The van der Waals surface area contributed by atoms with Gasteiger partial charge in [0.1, 0.15) is 6.33 Å². The molecule has 1 unspecified atom stereocenters. The fraction of sp³-hybridized carbons (Fsp3) is 0.667. The number of nitrogens with zero attached hydrogens (tertiary/aromatic N) is 3. The third-order valence-electron chi connectivity index (χ3n) is 1.15. The highest BCUT2D eigenvalue weighted by molar-refractivity contribution is 4.86. The quantitative estimate of drug-likeness (QED) is 0.652. The highest BCUT2D eigenvalue weighted by Crippen LogP contribution is 1.98. The lowest BCUT2D eigenvalue weighted by Gasteiger charge is -2.01. The average Bonchev–Trinajstić information content (AvgIpc) is 2.34. The Hall–Kier alpha value is -1.10. The summed E-state index contributed by atoms with van der Waals surface area (Å²) in [6.07, 6.45) is 1.10. The van der Waals surface area contributed by atoms with Crippen LogP contribution in [0.5, 0.6) is 6.01 Å². The van der Waals surface area contributed by atoms with Crippen molar-refractivity contribution in [3.63, 3.8) is 0 Å². The van der Waals surface area contributed by atoms with Crippen LogP contribution in [0.15, 0.2) is 6.33 Å². The third-order valence-corrected chi connectivity index (χ3v) is 1.15. The predicted octanol–water partition coefficient (Wildman–Crippen LogP) is -0.333. The van der Waals surface area contributed by atoms with Gasteiger partial charge in [0.15, 0.2) is 0 Å². The number of aliphatic hydroxyl groups is 1. The summed E-state index contributed by atoms with van der Waals surface area (Å²) in [6.45, 7) is 2.13. The van der Waals surface area contributed by atoms with Crippen LogP contribution in [-0.2, 0) is 6.54 Å². The highest BCUT2D eigenvalue weighted by Gasteiger charge is 2.01. The van der Waals surface area contributed by atoms with Gasteiger partial charge in [0.25, 0.3) is 0 Å². The Morgan fingerprint density at radius 2 is 2.55 bits per heavy atom. The largest absolute Gasteiger partial charge is 0.466 e. The van der Waals surface area contributed by atoms with E-state index in [9.17, 15) is 0 Å². The number of aromatic nitrogens is 3. The van der Waals surface area contributed by atoms with Crippen molar-refractivity contribution in [2.75, 3.05) is 7.11 Å². The number of methoxy groups -OCH3 is 1. The van der Waals surface area contributed by atoms with Gasteiger partial charge in [-0.25, -0.2) is 4.68 Å². The molecule has 62 valence electrons. The van der Waals surface area contributed by atoms with Crippen LogP contribution in [0, 0.1) is 0 Å². The first-order chi connectivity index (χ1) is 5.22. The fourth-order valence-electron chi connectivity index (χ4n) is 0.730. The predicted molar refractivity (Wildman–Crippen MR) is 38.3 cm³/mol. The molecule has 1 atom stereocenters. The van der Waals surface area contributed by atoms with Gasteiger partial charge in [-0.2, -0.15) is 4.98 Å². The molecule has 1 N–H and O–H groups in total. The van der Waals surface area contributed by atoms with E-state index >= 15 is 0 Å². The van der Waals surface area contributed by atoms with E-state index in [-0.39, 0.29) is 0 Å². The van der Waals surface area contributed by atoms with E-state index in [2.05, 4.69) is 10.1 Å². The maximum atomic E-state index is 8.96. The smallest absolute Gasteiger partial charge is 0.335 e. The molecule has 0 fully saturated rings. The maximum absolute atomic E-state index is 8.96. The molecule has 5 heteroatoms. The molecule has 1 rings (SSSR count). The van der Waals surface area contributed by atoms with E-state index in [0.717, 1.165) is 0 Å². The molecule has 0 aliphatic heterocycles. The standard InChI is InChI=1S/C6H11N3O2/c1-5(10)3-9-4-7-6(8-9)11-2/h4-5,10H,3H2,1-2H3. The topological polar surface area (TPSA) is 60.2 Å². The lowest BCUT2D eigenvalue weighted by molar-refractivity contribution is 0.167. The van der Waals surface area contributed by atoms with Crippen molar-refractivity contribution in [2.45, 2.75) is 19.6 Å². The minimum Gasteiger partial charge on any atom is -0.466 e. The first-order valence-corrected chi connectivity index (χ1v) is 3.34. The molecule has 0 saturated carbocycles. The Labute approximate surface area is 64.6 Å². The molecule has 1 aromatic heterocycles. The molecule has 0 amide bonds. The lowest BCUT2D eigenvalue weighted by Crippen LogP contribution is -2.11. The summed E-state index contributed by atoms with van der Waals surface area (Å²) in [5.74, 6) is 0. The fourth-order valence-corrected chi connectivity index (χ4v) is 0.730. The Bertz CT molecular complexity index is 221. The van der Waals surface area contributed by atoms with Gasteiger partial charge in [-0.3, -0.25) is 0 Å². The van der Waals surface area contributed by atoms with E-state index in [1.54, 1.807) is 6.92 Å². The summed E-state index contributed by atoms with van der Waals surface area (Å²) in [6, 6.07) is 0.325.